The summed E-state index contributed by atoms with van der Waals surface area (Å²) < 4.78 is 10.8. The Labute approximate surface area is 226 Å². The Morgan fingerprint density at radius 2 is 1.83 bits per heavy atom. The van der Waals surface area contributed by atoms with Gasteiger partial charge in [0.15, 0.2) is 5.78 Å². The van der Waals surface area contributed by atoms with E-state index in [1.807, 2.05) is 13.8 Å². The smallest absolute Gasteiger partial charge is 0.293 e. The normalized spacial score (nSPS) is 41.8. The van der Waals surface area contributed by atoms with Gasteiger partial charge in [0.05, 0.1) is 10.8 Å². The predicted molar refractivity (Wildman–Crippen MR) is 141 cm³/mol. The van der Waals surface area contributed by atoms with Crippen molar-refractivity contribution in [3.05, 3.63) is 11.6 Å². The molecule has 5 nitrogen and oxygen atoms in total. The molecule has 4 aliphatic rings. The molecule has 0 aromatic carbocycles. The second kappa shape index (κ2) is 10.2. The van der Waals surface area contributed by atoms with Gasteiger partial charge in [0.25, 0.3) is 12.9 Å². The number of hydrogen-bond acceptors (Lipinski definition) is 5. The Kier molecular flexibility index (Phi) is 7.95. The van der Waals surface area contributed by atoms with Crippen LogP contribution in [0.3, 0.4) is 0 Å². The molecule has 202 valence electrons. The lowest BCUT2D eigenvalue weighted by atomic mass is 9.45. The van der Waals surface area contributed by atoms with Crippen molar-refractivity contribution in [3.8, 4) is 0 Å². The molecule has 0 amide bonds. The van der Waals surface area contributed by atoms with Crippen molar-refractivity contribution in [1.29, 1.82) is 0 Å². The molecular formula is C29H42Cl2O5. The van der Waals surface area contributed by atoms with Gasteiger partial charge in [0.1, 0.15) is 11.7 Å². The van der Waals surface area contributed by atoms with Gasteiger partial charge in [-0.25, -0.2) is 0 Å². The minimum absolute atomic E-state index is 0.110. The van der Waals surface area contributed by atoms with E-state index in [0.29, 0.717) is 43.0 Å². The standard InChI is InChI=1S/C29H42Cl2O5/c1-17(6-9-23(30)27(2,3)36-16-33)19-7-8-20-24-21(11-13-28(19,20)4)29(5)12-10-18(34)14-22(29)26(25(24)31)35-15-32/h14-17,19-21,23-26H,6-13H2,1-5H3/t17-,19-,20+,21+,23?,24+,25?,26?,28-,29-/m1/s1. The van der Waals surface area contributed by atoms with Crippen LogP contribution in [-0.2, 0) is 23.9 Å². The van der Waals surface area contributed by atoms with Crippen molar-refractivity contribution in [2.24, 2.45) is 40.4 Å². The fourth-order valence-electron chi connectivity index (χ4n) is 8.84. The number of rotatable bonds is 9. The molecule has 4 rings (SSSR count). The molecule has 7 heteroatoms. The molecule has 0 radical (unpaired) electrons. The highest BCUT2D eigenvalue weighted by Crippen LogP contribution is 2.68. The summed E-state index contributed by atoms with van der Waals surface area (Å²) in [6.45, 7) is 11.8. The SMILES string of the molecule is C[C@H](CCC(Cl)C(C)(C)OC=O)[C@H]1CC[C@H]2[C@@H]3C(Cl)C(OC=O)C4=CC(=O)CC[C@]4(C)[C@H]3CC[C@]12C. The van der Waals surface area contributed by atoms with E-state index in [4.69, 9.17) is 32.7 Å². The van der Waals surface area contributed by atoms with E-state index in [1.54, 1.807) is 6.08 Å². The third-order valence-electron chi connectivity index (χ3n) is 10.9. The van der Waals surface area contributed by atoms with Crippen LogP contribution >= 0.6 is 23.2 Å². The molecule has 0 bridgehead atoms. The lowest BCUT2D eigenvalue weighted by Gasteiger charge is -2.61. The summed E-state index contributed by atoms with van der Waals surface area (Å²) in [6, 6.07) is 0. The summed E-state index contributed by atoms with van der Waals surface area (Å²) in [5.74, 6) is 2.27. The molecule has 0 spiro atoms. The molecule has 3 fully saturated rings. The summed E-state index contributed by atoms with van der Waals surface area (Å²) in [5, 5.41) is -0.561. The van der Waals surface area contributed by atoms with E-state index in [-0.39, 0.29) is 33.3 Å². The predicted octanol–water partition coefficient (Wildman–Crippen LogP) is 6.48. The number of halogens is 2. The average Bonchev–Trinajstić information content (AvgIpc) is 3.18. The number of fused-ring (bicyclic) bond motifs is 5. The summed E-state index contributed by atoms with van der Waals surface area (Å²) in [6.07, 6.45) is 8.85. The summed E-state index contributed by atoms with van der Waals surface area (Å²) in [7, 11) is 0. The zero-order valence-electron chi connectivity index (χ0n) is 22.3. The Morgan fingerprint density at radius 1 is 1.11 bits per heavy atom. The van der Waals surface area contributed by atoms with Crippen LogP contribution in [0.15, 0.2) is 11.6 Å². The van der Waals surface area contributed by atoms with Crippen molar-refractivity contribution in [2.45, 2.75) is 108 Å². The van der Waals surface area contributed by atoms with Crippen molar-refractivity contribution in [1.82, 2.24) is 0 Å². The second-order valence-electron chi connectivity index (χ2n) is 12.9. The molecule has 0 aliphatic heterocycles. The maximum atomic E-state index is 12.3. The van der Waals surface area contributed by atoms with Gasteiger partial charge in [-0.15, -0.1) is 23.2 Å². The zero-order valence-corrected chi connectivity index (χ0v) is 23.8. The Morgan fingerprint density at radius 3 is 2.50 bits per heavy atom. The number of hydrogen-bond donors (Lipinski definition) is 0. The monoisotopic (exact) mass is 540 g/mol. The third kappa shape index (κ3) is 4.55. The quantitative estimate of drug-likeness (QED) is 0.247. The molecule has 0 aromatic heterocycles. The molecule has 0 saturated heterocycles. The van der Waals surface area contributed by atoms with E-state index in [2.05, 4.69) is 20.8 Å². The fraction of sp³-hybridized carbons (Fsp3) is 0.828. The van der Waals surface area contributed by atoms with Crippen LogP contribution in [-0.4, -0.2) is 41.2 Å². The van der Waals surface area contributed by atoms with Crippen LogP contribution in [0.1, 0.15) is 86.0 Å². The van der Waals surface area contributed by atoms with Crippen LogP contribution in [0.5, 0.6) is 0 Å². The highest BCUT2D eigenvalue weighted by molar-refractivity contribution is 6.22. The fourth-order valence-corrected chi connectivity index (χ4v) is 9.56. The van der Waals surface area contributed by atoms with Gasteiger partial charge in [-0.2, -0.15) is 0 Å². The van der Waals surface area contributed by atoms with Crippen molar-refractivity contribution in [3.63, 3.8) is 0 Å². The number of ether oxygens (including phenoxy) is 2. The Hall–Kier alpha value is -1.07. The Bertz CT molecular complexity index is 902. The van der Waals surface area contributed by atoms with E-state index in [1.165, 1.54) is 0 Å². The first kappa shape index (κ1) is 28.0. The van der Waals surface area contributed by atoms with Crippen LogP contribution in [0.4, 0.5) is 0 Å². The average molecular weight is 542 g/mol. The van der Waals surface area contributed by atoms with Crippen LogP contribution in [0, 0.1) is 40.4 Å². The lowest BCUT2D eigenvalue weighted by Crippen LogP contribution is -2.59. The van der Waals surface area contributed by atoms with Crippen molar-refractivity contribution >= 4 is 41.9 Å². The first-order valence-corrected chi connectivity index (χ1v) is 14.5. The largest absolute Gasteiger partial charge is 0.460 e. The van der Waals surface area contributed by atoms with Crippen LogP contribution < -0.4 is 0 Å². The maximum absolute atomic E-state index is 12.3. The molecule has 10 atom stereocenters. The highest BCUT2D eigenvalue weighted by Gasteiger charge is 2.64. The van der Waals surface area contributed by atoms with E-state index < -0.39 is 11.7 Å². The molecule has 4 aliphatic carbocycles. The number of carbonyl (C=O) groups is 3. The van der Waals surface area contributed by atoms with Gasteiger partial charge < -0.3 is 9.47 Å². The molecule has 0 aromatic rings. The van der Waals surface area contributed by atoms with Crippen LogP contribution in [0.25, 0.3) is 0 Å². The van der Waals surface area contributed by atoms with Gasteiger partial charge in [-0.1, -0.05) is 20.8 Å². The topological polar surface area (TPSA) is 69.7 Å². The highest BCUT2D eigenvalue weighted by atomic mass is 35.5. The van der Waals surface area contributed by atoms with Crippen molar-refractivity contribution < 1.29 is 23.9 Å². The van der Waals surface area contributed by atoms with E-state index >= 15 is 0 Å². The minimum Gasteiger partial charge on any atom is -0.460 e. The Balaban J connectivity index is 1.55. The van der Waals surface area contributed by atoms with Crippen molar-refractivity contribution in [2.75, 3.05) is 0 Å². The van der Waals surface area contributed by atoms with Gasteiger partial charge in [0, 0.05) is 6.42 Å². The summed E-state index contributed by atoms with van der Waals surface area (Å²) in [5.41, 5.74) is 0.260. The van der Waals surface area contributed by atoms with Crippen LogP contribution in [0.2, 0.25) is 0 Å². The van der Waals surface area contributed by atoms with E-state index in [0.717, 1.165) is 50.5 Å². The van der Waals surface area contributed by atoms with Gasteiger partial charge in [-0.05, 0) is 111 Å². The van der Waals surface area contributed by atoms with Gasteiger partial charge in [0.2, 0.25) is 0 Å². The number of ketones is 1. The number of carbonyl (C=O) groups excluding carboxylic acids is 3. The first-order chi connectivity index (χ1) is 16.9. The number of alkyl halides is 2. The molecule has 3 unspecified atom stereocenters. The molecule has 3 saturated carbocycles. The molecule has 0 N–H and O–H groups in total. The second-order valence-corrected chi connectivity index (χ2v) is 14.0. The zero-order chi connectivity index (χ0) is 26.5. The van der Waals surface area contributed by atoms with Gasteiger partial charge >= 0.3 is 0 Å². The summed E-state index contributed by atoms with van der Waals surface area (Å²) >= 11 is 13.9. The molecule has 36 heavy (non-hydrogen) atoms. The first-order valence-electron chi connectivity index (χ1n) is 13.6. The van der Waals surface area contributed by atoms with Gasteiger partial charge in [-0.3, -0.25) is 14.4 Å². The third-order valence-corrected chi connectivity index (χ3v) is 12.2. The lowest BCUT2D eigenvalue weighted by molar-refractivity contribution is -0.141. The van der Waals surface area contributed by atoms with E-state index in [9.17, 15) is 14.4 Å². The minimum atomic E-state index is -0.688. The summed E-state index contributed by atoms with van der Waals surface area (Å²) in [4.78, 5) is 34.7. The molecular weight excluding hydrogens is 499 g/mol. The maximum Gasteiger partial charge on any atom is 0.293 e. The molecule has 0 heterocycles.